The third kappa shape index (κ3) is 3.24. The molecule has 5 nitrogen and oxygen atoms in total. The highest BCUT2D eigenvalue weighted by Gasteiger charge is 2.14. The van der Waals surface area contributed by atoms with Crippen LogP contribution < -0.4 is 16.2 Å². The van der Waals surface area contributed by atoms with Crippen LogP contribution in [-0.4, -0.2) is 8.42 Å². The minimum Gasteiger partial charge on any atom is -0.399 e. The Balaban J connectivity index is 2.46. The lowest BCUT2D eigenvalue weighted by Gasteiger charge is -2.12. The molecule has 0 amide bonds. The van der Waals surface area contributed by atoms with Crippen molar-refractivity contribution in [3.05, 3.63) is 48.0 Å². The number of nitrogens with two attached hydrogens (primary N) is 2. The summed E-state index contributed by atoms with van der Waals surface area (Å²) < 4.78 is 23.1. The average Bonchev–Trinajstić information content (AvgIpc) is 2.30. The largest absolute Gasteiger partial charge is 0.399 e. The van der Waals surface area contributed by atoms with E-state index in [2.05, 4.69) is 5.32 Å². The quantitative estimate of drug-likeness (QED) is 0.747. The number of rotatable bonds is 3. The minimum absolute atomic E-state index is 0.0194. The third-order valence-corrected chi connectivity index (χ3v) is 3.56. The molecular weight excluding hydrogens is 262 g/mol. The van der Waals surface area contributed by atoms with Gasteiger partial charge in [0.15, 0.2) is 0 Å². The fourth-order valence-corrected chi connectivity index (χ4v) is 2.48. The van der Waals surface area contributed by atoms with E-state index in [-0.39, 0.29) is 4.90 Å². The number of aryl methyl sites for hydroxylation is 1. The summed E-state index contributed by atoms with van der Waals surface area (Å²) in [5.74, 6) is 0. The Kier molecular flexibility index (Phi) is 3.46. The van der Waals surface area contributed by atoms with E-state index in [9.17, 15) is 8.42 Å². The molecule has 2 aromatic rings. The highest BCUT2D eigenvalue weighted by Crippen LogP contribution is 2.26. The average molecular weight is 277 g/mol. The second-order valence-corrected chi connectivity index (χ2v) is 5.82. The van der Waals surface area contributed by atoms with Crippen molar-refractivity contribution in [2.24, 2.45) is 5.14 Å². The van der Waals surface area contributed by atoms with Gasteiger partial charge in [0.2, 0.25) is 10.0 Å². The summed E-state index contributed by atoms with van der Waals surface area (Å²) in [5.41, 5.74) is 8.20. The van der Waals surface area contributed by atoms with Gasteiger partial charge in [0, 0.05) is 11.4 Å². The van der Waals surface area contributed by atoms with E-state index in [4.69, 9.17) is 10.9 Å². The molecule has 0 radical (unpaired) electrons. The lowest BCUT2D eigenvalue weighted by atomic mass is 10.2. The molecular formula is C13H15N3O2S. The number of hydrogen-bond donors (Lipinski definition) is 3. The standard InChI is InChI=1S/C13H15N3O2S/c1-9-3-2-4-11(7-9)16-12-6-5-10(14)8-13(12)19(15,17)18/h2-8,16H,14H2,1H3,(H2,15,17,18). The summed E-state index contributed by atoms with van der Waals surface area (Å²) in [6.45, 7) is 1.95. The Labute approximate surface area is 112 Å². The Morgan fingerprint density at radius 3 is 2.47 bits per heavy atom. The molecule has 6 heteroatoms. The second-order valence-electron chi connectivity index (χ2n) is 4.30. The zero-order chi connectivity index (χ0) is 14.0. The van der Waals surface area contributed by atoms with Crippen LogP contribution in [0, 0.1) is 6.92 Å². The molecule has 0 saturated carbocycles. The number of sulfonamides is 1. The van der Waals surface area contributed by atoms with Gasteiger partial charge in [-0.3, -0.25) is 0 Å². The SMILES string of the molecule is Cc1cccc(Nc2ccc(N)cc2S(N)(=O)=O)c1. The maximum atomic E-state index is 11.5. The van der Waals surface area contributed by atoms with Gasteiger partial charge in [-0.2, -0.15) is 0 Å². The van der Waals surface area contributed by atoms with Gasteiger partial charge in [0.25, 0.3) is 0 Å². The maximum Gasteiger partial charge on any atom is 0.240 e. The van der Waals surface area contributed by atoms with Crippen LogP contribution in [0.25, 0.3) is 0 Å². The number of benzene rings is 2. The monoisotopic (exact) mass is 277 g/mol. The van der Waals surface area contributed by atoms with Crippen molar-refractivity contribution < 1.29 is 8.42 Å². The minimum atomic E-state index is -3.83. The summed E-state index contributed by atoms with van der Waals surface area (Å²) in [5, 5.41) is 8.22. The lowest BCUT2D eigenvalue weighted by molar-refractivity contribution is 0.598. The van der Waals surface area contributed by atoms with Crippen molar-refractivity contribution in [1.29, 1.82) is 0 Å². The Morgan fingerprint density at radius 2 is 1.84 bits per heavy atom. The highest BCUT2D eigenvalue weighted by molar-refractivity contribution is 7.89. The molecule has 0 fully saturated rings. The molecule has 0 bridgehead atoms. The first kappa shape index (κ1) is 13.4. The number of anilines is 3. The van der Waals surface area contributed by atoms with E-state index in [1.165, 1.54) is 6.07 Å². The predicted molar refractivity (Wildman–Crippen MR) is 76.7 cm³/mol. The Hall–Kier alpha value is -2.05. The fourth-order valence-electron chi connectivity index (χ4n) is 1.76. The van der Waals surface area contributed by atoms with E-state index in [0.29, 0.717) is 11.4 Å². The van der Waals surface area contributed by atoms with E-state index < -0.39 is 10.0 Å². The zero-order valence-electron chi connectivity index (χ0n) is 10.4. The van der Waals surface area contributed by atoms with Gasteiger partial charge >= 0.3 is 0 Å². The van der Waals surface area contributed by atoms with E-state index in [1.807, 2.05) is 31.2 Å². The molecule has 2 rings (SSSR count). The number of primary sulfonamides is 1. The van der Waals surface area contributed by atoms with Crippen molar-refractivity contribution in [2.45, 2.75) is 11.8 Å². The fraction of sp³-hybridized carbons (Fsp3) is 0.0769. The summed E-state index contributed by atoms with van der Waals surface area (Å²) in [4.78, 5) is -0.0194. The topological polar surface area (TPSA) is 98.2 Å². The van der Waals surface area contributed by atoms with E-state index in [0.717, 1.165) is 11.3 Å². The maximum absolute atomic E-state index is 11.5. The van der Waals surface area contributed by atoms with Gasteiger partial charge in [0.1, 0.15) is 4.90 Å². The summed E-state index contributed by atoms with van der Waals surface area (Å²) >= 11 is 0. The molecule has 0 spiro atoms. The lowest BCUT2D eigenvalue weighted by Crippen LogP contribution is -2.14. The van der Waals surface area contributed by atoms with Gasteiger partial charge in [-0.05, 0) is 42.8 Å². The summed E-state index contributed by atoms with van der Waals surface area (Å²) in [6, 6.07) is 12.1. The van der Waals surface area contributed by atoms with Gasteiger partial charge in [-0.15, -0.1) is 0 Å². The Bertz CT molecular complexity index is 712. The molecule has 0 saturated heterocycles. The first-order valence-electron chi connectivity index (χ1n) is 5.62. The smallest absolute Gasteiger partial charge is 0.240 e. The van der Waals surface area contributed by atoms with E-state index in [1.54, 1.807) is 12.1 Å². The van der Waals surface area contributed by atoms with Crippen LogP contribution in [0.4, 0.5) is 17.1 Å². The summed E-state index contributed by atoms with van der Waals surface area (Å²) in [7, 11) is -3.83. The molecule has 0 unspecified atom stereocenters. The number of hydrogen-bond acceptors (Lipinski definition) is 4. The van der Waals surface area contributed by atoms with Crippen molar-refractivity contribution in [3.8, 4) is 0 Å². The first-order valence-corrected chi connectivity index (χ1v) is 7.17. The molecule has 2 aromatic carbocycles. The van der Waals surface area contributed by atoms with Crippen molar-refractivity contribution >= 4 is 27.1 Å². The normalized spacial score (nSPS) is 11.3. The van der Waals surface area contributed by atoms with Crippen molar-refractivity contribution in [2.75, 3.05) is 11.1 Å². The van der Waals surface area contributed by atoms with Gasteiger partial charge in [-0.25, -0.2) is 13.6 Å². The molecule has 0 atom stereocenters. The molecule has 5 N–H and O–H groups in total. The zero-order valence-corrected chi connectivity index (χ0v) is 11.2. The number of nitrogen functional groups attached to an aromatic ring is 1. The van der Waals surface area contributed by atoms with Gasteiger partial charge in [-0.1, -0.05) is 12.1 Å². The second kappa shape index (κ2) is 4.91. The first-order chi connectivity index (χ1) is 8.86. The number of nitrogens with one attached hydrogen (secondary N) is 1. The Morgan fingerprint density at radius 1 is 1.11 bits per heavy atom. The van der Waals surface area contributed by atoms with Crippen molar-refractivity contribution in [1.82, 2.24) is 0 Å². The third-order valence-electron chi connectivity index (χ3n) is 2.61. The molecule has 19 heavy (non-hydrogen) atoms. The van der Waals surface area contributed by atoms with Crippen LogP contribution in [0.2, 0.25) is 0 Å². The predicted octanol–water partition coefficient (Wildman–Crippen LogP) is 1.97. The van der Waals surface area contributed by atoms with Crippen LogP contribution in [0.1, 0.15) is 5.56 Å². The molecule has 0 heterocycles. The van der Waals surface area contributed by atoms with Crippen LogP contribution >= 0.6 is 0 Å². The van der Waals surface area contributed by atoms with Crippen LogP contribution in [0.5, 0.6) is 0 Å². The van der Waals surface area contributed by atoms with Gasteiger partial charge in [0.05, 0.1) is 5.69 Å². The highest BCUT2D eigenvalue weighted by atomic mass is 32.2. The molecule has 0 aliphatic rings. The van der Waals surface area contributed by atoms with Gasteiger partial charge < -0.3 is 11.1 Å². The van der Waals surface area contributed by atoms with Crippen molar-refractivity contribution in [3.63, 3.8) is 0 Å². The molecule has 100 valence electrons. The van der Waals surface area contributed by atoms with Crippen LogP contribution in [0.3, 0.4) is 0 Å². The molecule has 0 aliphatic heterocycles. The molecule has 0 aromatic heterocycles. The van der Waals surface area contributed by atoms with Crippen LogP contribution in [-0.2, 0) is 10.0 Å². The van der Waals surface area contributed by atoms with E-state index >= 15 is 0 Å². The van der Waals surface area contributed by atoms with Crippen LogP contribution in [0.15, 0.2) is 47.4 Å². The molecule has 0 aliphatic carbocycles. The summed E-state index contributed by atoms with van der Waals surface area (Å²) in [6.07, 6.45) is 0.